The van der Waals surface area contributed by atoms with Crippen LogP contribution in [0.1, 0.15) is 64.4 Å². The van der Waals surface area contributed by atoms with E-state index in [1.165, 1.54) is 17.0 Å². The van der Waals surface area contributed by atoms with Gasteiger partial charge in [-0.1, -0.05) is 5.56 Å². The summed E-state index contributed by atoms with van der Waals surface area (Å²) < 4.78 is 32.1. The highest BCUT2D eigenvalue weighted by Crippen LogP contribution is 2.36. The Balaban J connectivity index is 1.64. The van der Waals surface area contributed by atoms with Crippen molar-refractivity contribution in [3.63, 3.8) is 0 Å². The minimum Gasteiger partial charge on any atom is -0.444 e. The molecule has 2 amide bonds. The molecule has 0 aromatic heterocycles. The lowest BCUT2D eigenvalue weighted by Gasteiger charge is -2.40. The first-order chi connectivity index (χ1) is 14.1. The highest BCUT2D eigenvalue weighted by molar-refractivity contribution is 6.62. The number of hydrogen-bond donors (Lipinski definition) is 1. The van der Waals surface area contributed by atoms with E-state index in [4.69, 9.17) is 14.0 Å². The molecule has 0 aliphatic carbocycles. The fourth-order valence-electron chi connectivity index (χ4n) is 3.40. The fraction of sp³-hybridized carbons (Fsp3) is 0.636. The molecule has 3 rings (SSSR count). The van der Waals surface area contributed by atoms with E-state index in [0.717, 1.165) is 0 Å². The molecule has 1 N–H and O–H groups in total. The Hall–Kier alpha value is -2.13. The second kappa shape index (κ2) is 7.78. The number of carbonyl (C=O) groups is 2. The van der Waals surface area contributed by atoms with Crippen LogP contribution in [0.25, 0.3) is 0 Å². The largest absolute Gasteiger partial charge is 0.495 e. The minimum atomic E-state index is -0.703. The maximum atomic E-state index is 14.8. The van der Waals surface area contributed by atoms with Gasteiger partial charge in [0.05, 0.1) is 22.8 Å². The summed E-state index contributed by atoms with van der Waals surface area (Å²) in [6.45, 7) is 15.6. The maximum absolute atomic E-state index is 14.8. The van der Waals surface area contributed by atoms with Crippen LogP contribution in [0.15, 0.2) is 12.1 Å². The van der Waals surface area contributed by atoms with Crippen molar-refractivity contribution in [3.05, 3.63) is 29.1 Å². The average Bonchev–Trinajstić information content (AvgIpc) is 2.77. The number of hydrogen-bond acceptors (Lipinski definition) is 5. The number of carbonyl (C=O) groups excluding carboxylic acids is 2. The van der Waals surface area contributed by atoms with Crippen LogP contribution in [0.3, 0.4) is 0 Å². The van der Waals surface area contributed by atoms with Crippen molar-refractivity contribution in [1.29, 1.82) is 0 Å². The van der Waals surface area contributed by atoms with E-state index in [9.17, 15) is 14.0 Å². The predicted octanol–water partition coefficient (Wildman–Crippen LogP) is 2.78. The van der Waals surface area contributed by atoms with Crippen LogP contribution >= 0.6 is 0 Å². The van der Waals surface area contributed by atoms with Crippen molar-refractivity contribution < 1.29 is 28.0 Å². The summed E-state index contributed by atoms with van der Waals surface area (Å²) in [6.07, 6.45) is -0.424. The van der Waals surface area contributed by atoms with E-state index in [1.807, 2.05) is 27.7 Å². The van der Waals surface area contributed by atoms with E-state index in [1.54, 1.807) is 27.7 Å². The Morgan fingerprint density at radius 1 is 1.16 bits per heavy atom. The van der Waals surface area contributed by atoms with E-state index >= 15 is 0 Å². The van der Waals surface area contributed by atoms with E-state index in [-0.39, 0.29) is 11.6 Å². The van der Waals surface area contributed by atoms with Crippen molar-refractivity contribution in [1.82, 2.24) is 10.2 Å². The summed E-state index contributed by atoms with van der Waals surface area (Å²) in [5.41, 5.74) is -0.442. The van der Waals surface area contributed by atoms with Crippen molar-refractivity contribution >= 4 is 24.6 Å². The summed E-state index contributed by atoms with van der Waals surface area (Å²) in [5, 5.41) is 2.77. The molecular weight excluding hydrogens is 402 g/mol. The minimum absolute atomic E-state index is 0.0477. The van der Waals surface area contributed by atoms with Gasteiger partial charge in [0.15, 0.2) is 0 Å². The normalized spacial score (nSPS) is 20.4. The lowest BCUT2D eigenvalue weighted by Crippen LogP contribution is -2.61. The second-order valence-corrected chi connectivity index (χ2v) is 10.3. The Labute approximate surface area is 183 Å². The number of amides is 2. The number of likely N-dealkylation sites (tertiary alicyclic amines) is 1. The van der Waals surface area contributed by atoms with Gasteiger partial charge in [0.1, 0.15) is 11.4 Å². The first-order valence-electron chi connectivity index (χ1n) is 10.5. The topological polar surface area (TPSA) is 77.1 Å². The second-order valence-electron chi connectivity index (χ2n) is 10.3. The predicted molar refractivity (Wildman–Crippen MR) is 116 cm³/mol. The van der Waals surface area contributed by atoms with Crippen LogP contribution in [-0.2, 0) is 14.0 Å². The van der Waals surface area contributed by atoms with Crippen molar-refractivity contribution in [2.45, 2.75) is 78.2 Å². The molecule has 2 aliphatic rings. The monoisotopic (exact) mass is 434 g/mol. The summed E-state index contributed by atoms with van der Waals surface area (Å²) in [5.74, 6) is -1.16. The third kappa shape index (κ3) is 4.87. The van der Waals surface area contributed by atoms with E-state index in [2.05, 4.69) is 5.32 Å². The average molecular weight is 434 g/mol. The maximum Gasteiger partial charge on any atom is 0.495 e. The van der Waals surface area contributed by atoms with Crippen molar-refractivity contribution in [2.75, 3.05) is 13.1 Å². The molecule has 1 aromatic carbocycles. The highest BCUT2D eigenvalue weighted by Gasteiger charge is 2.52. The van der Waals surface area contributed by atoms with Crippen molar-refractivity contribution in [2.24, 2.45) is 0 Å². The summed E-state index contributed by atoms with van der Waals surface area (Å²) in [6, 6.07) is 2.57. The first-order valence-corrected chi connectivity index (χ1v) is 10.5. The summed E-state index contributed by atoms with van der Waals surface area (Å²) >= 11 is 0. The molecule has 31 heavy (non-hydrogen) atoms. The molecular formula is C22H32BFN2O5. The lowest BCUT2D eigenvalue weighted by atomic mass is 9.75. The molecule has 2 heterocycles. The fourth-order valence-corrected chi connectivity index (χ4v) is 3.40. The zero-order chi connectivity index (χ0) is 23.4. The van der Waals surface area contributed by atoms with Gasteiger partial charge in [0.2, 0.25) is 0 Å². The van der Waals surface area contributed by atoms with Gasteiger partial charge in [-0.15, -0.1) is 0 Å². The van der Waals surface area contributed by atoms with E-state index < -0.39 is 41.7 Å². The van der Waals surface area contributed by atoms with Gasteiger partial charge in [-0.05, 0) is 73.0 Å². The molecule has 0 radical (unpaired) electrons. The third-order valence-corrected chi connectivity index (χ3v) is 5.98. The molecule has 0 bridgehead atoms. The molecule has 2 saturated heterocycles. The van der Waals surface area contributed by atoms with Gasteiger partial charge >= 0.3 is 13.2 Å². The number of ether oxygens (including phenoxy) is 1. The number of nitrogens with one attached hydrogen (secondary N) is 1. The first kappa shape index (κ1) is 23.5. The van der Waals surface area contributed by atoms with Crippen molar-refractivity contribution in [3.8, 4) is 0 Å². The Kier molecular flexibility index (Phi) is 5.91. The lowest BCUT2D eigenvalue weighted by molar-refractivity contribution is 0.00530. The van der Waals surface area contributed by atoms with Gasteiger partial charge in [0, 0.05) is 13.1 Å². The van der Waals surface area contributed by atoms with E-state index in [0.29, 0.717) is 24.1 Å². The smallest absolute Gasteiger partial charge is 0.444 e. The quantitative estimate of drug-likeness (QED) is 0.741. The molecule has 0 saturated carbocycles. The third-order valence-electron chi connectivity index (χ3n) is 5.98. The Morgan fingerprint density at radius 2 is 1.71 bits per heavy atom. The number of aryl methyl sites for hydroxylation is 1. The van der Waals surface area contributed by atoms with Gasteiger partial charge in [0.25, 0.3) is 5.91 Å². The molecule has 0 unspecified atom stereocenters. The van der Waals surface area contributed by atoms with Gasteiger partial charge in [-0.25, -0.2) is 9.18 Å². The number of rotatable bonds is 3. The number of benzene rings is 1. The van der Waals surface area contributed by atoms with Crippen LogP contribution in [-0.4, -0.2) is 60.0 Å². The molecule has 2 aliphatic heterocycles. The standard InChI is InChI=1S/C22H32BFN2O5/c1-13-9-15(17(24)10-16(13)23-30-21(5,6)22(7,8)31-23)18(27)25-14-11-26(12-14)19(28)29-20(2,3)4/h9-10,14H,11-12H2,1-8H3,(H,25,27). The van der Waals surface area contributed by atoms with Crippen LogP contribution in [0.5, 0.6) is 0 Å². The molecule has 2 fully saturated rings. The zero-order valence-electron chi connectivity index (χ0n) is 19.6. The van der Waals surface area contributed by atoms with Crippen LogP contribution < -0.4 is 10.8 Å². The van der Waals surface area contributed by atoms with Crippen LogP contribution in [0, 0.1) is 12.7 Å². The molecule has 0 atom stereocenters. The van der Waals surface area contributed by atoms with Crippen LogP contribution in [0.2, 0.25) is 0 Å². The van der Waals surface area contributed by atoms with Crippen LogP contribution in [0.4, 0.5) is 9.18 Å². The Bertz CT molecular complexity index is 875. The SMILES string of the molecule is Cc1cc(C(=O)NC2CN(C(=O)OC(C)(C)C)C2)c(F)cc1B1OC(C)(C)C(C)(C)O1. The molecule has 7 nitrogen and oxygen atoms in total. The summed E-state index contributed by atoms with van der Waals surface area (Å²) in [7, 11) is -0.703. The van der Waals surface area contributed by atoms with Gasteiger partial charge < -0.3 is 24.3 Å². The van der Waals surface area contributed by atoms with Gasteiger partial charge in [-0.3, -0.25) is 4.79 Å². The highest BCUT2D eigenvalue weighted by atomic mass is 19.1. The molecule has 1 aromatic rings. The zero-order valence-corrected chi connectivity index (χ0v) is 19.6. The summed E-state index contributed by atoms with van der Waals surface area (Å²) in [4.78, 5) is 26.1. The molecule has 170 valence electrons. The number of halogens is 1. The number of nitrogens with zero attached hydrogens (tertiary/aromatic N) is 1. The van der Waals surface area contributed by atoms with Gasteiger partial charge in [-0.2, -0.15) is 0 Å². The molecule has 9 heteroatoms. The Morgan fingerprint density at radius 3 is 2.23 bits per heavy atom. The molecule has 0 spiro atoms.